The van der Waals surface area contributed by atoms with E-state index in [0.29, 0.717) is 16.0 Å². The highest BCUT2D eigenvalue weighted by Gasteiger charge is 2.36. The van der Waals surface area contributed by atoms with Gasteiger partial charge in [0.25, 0.3) is 0 Å². The van der Waals surface area contributed by atoms with Crippen molar-refractivity contribution in [2.75, 3.05) is 0 Å². The Balaban J connectivity index is 2.36. The molecular weight excluding hydrogens is 283 g/mol. The molecule has 0 radical (unpaired) electrons. The Hall–Kier alpha value is -0.730. The fourth-order valence-electron chi connectivity index (χ4n) is 3.07. The molecule has 0 spiro atoms. The molecule has 19 heavy (non-hydrogen) atoms. The summed E-state index contributed by atoms with van der Waals surface area (Å²) in [4.78, 5) is 11.5. The van der Waals surface area contributed by atoms with Crippen LogP contribution in [0.25, 0.3) is 0 Å². The molecule has 1 saturated carbocycles. The Morgan fingerprint density at radius 2 is 2.11 bits per heavy atom. The van der Waals surface area contributed by atoms with Crippen LogP contribution < -0.4 is 0 Å². The third kappa shape index (κ3) is 3.06. The van der Waals surface area contributed by atoms with E-state index in [1.165, 1.54) is 0 Å². The first-order valence-corrected chi connectivity index (χ1v) is 7.46. The van der Waals surface area contributed by atoms with Crippen LogP contribution in [0.4, 0.5) is 0 Å². The maximum atomic E-state index is 11.5. The molecule has 104 valence electrons. The summed E-state index contributed by atoms with van der Waals surface area (Å²) in [5.41, 5.74) is 0.889. The Morgan fingerprint density at radius 1 is 1.37 bits per heavy atom. The second-order valence-electron chi connectivity index (χ2n) is 5.28. The van der Waals surface area contributed by atoms with Crippen molar-refractivity contribution in [3.8, 4) is 0 Å². The zero-order valence-corrected chi connectivity index (χ0v) is 12.4. The third-order valence-electron chi connectivity index (χ3n) is 4.23. The van der Waals surface area contributed by atoms with Gasteiger partial charge in [0.15, 0.2) is 0 Å². The molecule has 1 aliphatic carbocycles. The van der Waals surface area contributed by atoms with Crippen LogP contribution in [0.1, 0.15) is 44.1 Å². The number of benzene rings is 1. The Bertz CT molecular complexity index is 473. The molecule has 1 aliphatic rings. The van der Waals surface area contributed by atoms with E-state index in [2.05, 4.69) is 6.92 Å². The first-order chi connectivity index (χ1) is 9.04. The molecular formula is C15H18Cl2O2. The molecule has 3 atom stereocenters. The second kappa shape index (κ2) is 6.15. The summed E-state index contributed by atoms with van der Waals surface area (Å²) >= 11 is 12.3. The lowest BCUT2D eigenvalue weighted by Crippen LogP contribution is -2.29. The van der Waals surface area contributed by atoms with Gasteiger partial charge in [0.1, 0.15) is 0 Å². The van der Waals surface area contributed by atoms with Crippen LogP contribution in [-0.2, 0) is 4.79 Å². The number of aliphatic carboxylic acids is 1. The third-order valence-corrected chi connectivity index (χ3v) is 5.07. The van der Waals surface area contributed by atoms with E-state index in [1.54, 1.807) is 6.07 Å². The molecule has 1 aromatic carbocycles. The van der Waals surface area contributed by atoms with Gasteiger partial charge in [-0.1, -0.05) is 48.7 Å². The lowest BCUT2D eigenvalue weighted by Gasteiger charge is -2.34. The summed E-state index contributed by atoms with van der Waals surface area (Å²) in [5, 5.41) is 10.4. The number of rotatable bonds is 3. The van der Waals surface area contributed by atoms with Crippen LogP contribution in [0.3, 0.4) is 0 Å². The number of carbonyl (C=O) groups is 1. The highest BCUT2D eigenvalue weighted by molar-refractivity contribution is 6.42. The van der Waals surface area contributed by atoms with E-state index in [9.17, 15) is 9.90 Å². The lowest BCUT2D eigenvalue weighted by atomic mass is 9.70. The van der Waals surface area contributed by atoms with Gasteiger partial charge in [0.05, 0.1) is 16.0 Å². The first-order valence-electron chi connectivity index (χ1n) is 6.71. The summed E-state index contributed by atoms with van der Waals surface area (Å²) in [6.45, 7) is 2.16. The average Bonchev–Trinajstić information content (AvgIpc) is 2.41. The molecule has 2 rings (SSSR count). The molecule has 0 saturated heterocycles. The van der Waals surface area contributed by atoms with Crippen LogP contribution in [0.5, 0.6) is 0 Å². The Morgan fingerprint density at radius 3 is 2.74 bits per heavy atom. The lowest BCUT2D eigenvalue weighted by molar-refractivity contribution is -0.143. The minimum absolute atomic E-state index is 0.0256. The predicted octanol–water partition coefficient (Wildman–Crippen LogP) is 4.99. The number of hydrogen-bond donors (Lipinski definition) is 1. The fraction of sp³-hybridized carbons (Fsp3) is 0.533. The summed E-state index contributed by atoms with van der Waals surface area (Å²) in [7, 11) is 0. The van der Waals surface area contributed by atoms with Crippen molar-refractivity contribution >= 4 is 29.2 Å². The average molecular weight is 301 g/mol. The van der Waals surface area contributed by atoms with E-state index in [1.807, 2.05) is 12.1 Å². The molecule has 3 unspecified atom stereocenters. The standard InChI is InChI=1S/C15H18Cl2O2/c1-2-9-6-7-11(15(18)19)12(8-9)10-4-3-5-13(16)14(10)17/h3-5,9,11-12H,2,6-8H2,1H3,(H,18,19). The molecule has 4 heteroatoms. The van der Waals surface area contributed by atoms with Gasteiger partial charge in [-0.25, -0.2) is 0 Å². The molecule has 1 aromatic rings. The first kappa shape index (κ1) is 14.7. The highest BCUT2D eigenvalue weighted by Crippen LogP contribution is 2.45. The zero-order valence-electron chi connectivity index (χ0n) is 10.9. The Kier molecular flexibility index (Phi) is 4.75. The van der Waals surface area contributed by atoms with Gasteiger partial charge in [-0.05, 0) is 42.7 Å². The fourth-order valence-corrected chi connectivity index (χ4v) is 3.52. The van der Waals surface area contributed by atoms with Gasteiger partial charge in [-0.3, -0.25) is 4.79 Å². The summed E-state index contributed by atoms with van der Waals surface area (Å²) in [6.07, 6.45) is 3.68. The smallest absolute Gasteiger partial charge is 0.307 e. The number of halogens is 2. The minimum Gasteiger partial charge on any atom is -0.481 e. The van der Waals surface area contributed by atoms with Crippen molar-refractivity contribution in [3.05, 3.63) is 33.8 Å². The SMILES string of the molecule is CCC1CCC(C(=O)O)C(c2cccc(Cl)c2Cl)C1. The molecule has 2 nitrogen and oxygen atoms in total. The van der Waals surface area contributed by atoms with Crippen molar-refractivity contribution in [1.29, 1.82) is 0 Å². The number of carboxylic acids is 1. The van der Waals surface area contributed by atoms with E-state index < -0.39 is 5.97 Å². The molecule has 0 bridgehead atoms. The van der Waals surface area contributed by atoms with E-state index in [0.717, 1.165) is 31.2 Å². The van der Waals surface area contributed by atoms with Gasteiger partial charge in [0, 0.05) is 0 Å². The van der Waals surface area contributed by atoms with Crippen LogP contribution in [-0.4, -0.2) is 11.1 Å². The number of carboxylic acid groups (broad SMARTS) is 1. The summed E-state index contributed by atoms with van der Waals surface area (Å²) < 4.78 is 0. The molecule has 1 N–H and O–H groups in total. The summed E-state index contributed by atoms with van der Waals surface area (Å²) in [5.74, 6) is -0.521. The normalized spacial score (nSPS) is 27.2. The molecule has 0 aliphatic heterocycles. The summed E-state index contributed by atoms with van der Waals surface area (Å²) in [6, 6.07) is 5.49. The number of hydrogen-bond acceptors (Lipinski definition) is 1. The predicted molar refractivity (Wildman–Crippen MR) is 78.0 cm³/mol. The quantitative estimate of drug-likeness (QED) is 0.854. The van der Waals surface area contributed by atoms with Crippen LogP contribution in [0.15, 0.2) is 18.2 Å². The van der Waals surface area contributed by atoms with Crippen molar-refractivity contribution in [1.82, 2.24) is 0 Å². The van der Waals surface area contributed by atoms with Crippen LogP contribution >= 0.6 is 23.2 Å². The van der Waals surface area contributed by atoms with Gasteiger partial charge < -0.3 is 5.11 Å². The zero-order chi connectivity index (χ0) is 14.0. The van der Waals surface area contributed by atoms with Crippen molar-refractivity contribution in [2.24, 2.45) is 11.8 Å². The van der Waals surface area contributed by atoms with Crippen molar-refractivity contribution in [3.63, 3.8) is 0 Å². The van der Waals surface area contributed by atoms with Gasteiger partial charge in [-0.2, -0.15) is 0 Å². The minimum atomic E-state index is -0.726. The van der Waals surface area contributed by atoms with Gasteiger partial charge in [0.2, 0.25) is 0 Å². The van der Waals surface area contributed by atoms with Gasteiger partial charge in [-0.15, -0.1) is 0 Å². The molecule has 0 aromatic heterocycles. The van der Waals surface area contributed by atoms with Crippen LogP contribution in [0.2, 0.25) is 10.0 Å². The maximum Gasteiger partial charge on any atom is 0.307 e. The molecule has 0 amide bonds. The molecule has 0 heterocycles. The van der Waals surface area contributed by atoms with Crippen LogP contribution in [0, 0.1) is 11.8 Å². The highest BCUT2D eigenvalue weighted by atomic mass is 35.5. The van der Waals surface area contributed by atoms with E-state index >= 15 is 0 Å². The van der Waals surface area contributed by atoms with Gasteiger partial charge >= 0.3 is 5.97 Å². The Labute approximate surface area is 123 Å². The van der Waals surface area contributed by atoms with E-state index in [-0.39, 0.29) is 11.8 Å². The maximum absolute atomic E-state index is 11.5. The monoisotopic (exact) mass is 300 g/mol. The topological polar surface area (TPSA) is 37.3 Å². The largest absolute Gasteiger partial charge is 0.481 e. The van der Waals surface area contributed by atoms with Crippen molar-refractivity contribution in [2.45, 2.75) is 38.5 Å². The second-order valence-corrected chi connectivity index (χ2v) is 6.07. The van der Waals surface area contributed by atoms with E-state index in [4.69, 9.17) is 23.2 Å². The molecule has 1 fully saturated rings. The van der Waals surface area contributed by atoms with Crippen molar-refractivity contribution < 1.29 is 9.90 Å².